The van der Waals surface area contributed by atoms with Gasteiger partial charge in [-0.3, -0.25) is 0 Å². The summed E-state index contributed by atoms with van der Waals surface area (Å²) in [5.41, 5.74) is 6.30. The van der Waals surface area contributed by atoms with Crippen LogP contribution in [0, 0.1) is 6.92 Å². The molecule has 0 fully saturated rings. The van der Waals surface area contributed by atoms with Gasteiger partial charge in [-0.05, 0) is 19.8 Å². The van der Waals surface area contributed by atoms with Crippen LogP contribution < -0.4 is 5.73 Å². The molecular formula is C9H12N4OS. The number of nitrogens with zero attached hydrogens (tertiary/aromatic N) is 3. The molecule has 0 aromatic carbocycles. The zero-order valence-corrected chi connectivity index (χ0v) is 9.47. The Morgan fingerprint density at radius 3 is 2.80 bits per heavy atom. The topological polar surface area (TPSA) is 77.8 Å². The zero-order chi connectivity index (χ0) is 10.8. The average Bonchev–Trinajstić information content (AvgIpc) is 2.73. The second kappa shape index (κ2) is 3.98. The highest BCUT2D eigenvalue weighted by atomic mass is 32.1. The minimum Gasteiger partial charge on any atom is -0.403 e. The molecule has 0 spiro atoms. The SMILES string of the molecule is CCCc1nc(C)c(-c2nnc(N)o2)s1. The van der Waals surface area contributed by atoms with Crippen molar-refractivity contribution in [3.63, 3.8) is 0 Å². The van der Waals surface area contributed by atoms with Gasteiger partial charge in [0.05, 0.1) is 10.7 Å². The van der Waals surface area contributed by atoms with E-state index >= 15 is 0 Å². The maximum atomic E-state index is 5.38. The largest absolute Gasteiger partial charge is 0.403 e. The summed E-state index contributed by atoms with van der Waals surface area (Å²) in [6.07, 6.45) is 2.06. The Labute approximate surface area is 91.4 Å². The van der Waals surface area contributed by atoms with E-state index in [1.54, 1.807) is 11.3 Å². The van der Waals surface area contributed by atoms with E-state index in [9.17, 15) is 0 Å². The van der Waals surface area contributed by atoms with Gasteiger partial charge in [-0.25, -0.2) is 4.98 Å². The molecule has 0 saturated heterocycles. The lowest BCUT2D eigenvalue weighted by molar-refractivity contribution is 0.591. The number of thiazole rings is 1. The van der Waals surface area contributed by atoms with Crippen molar-refractivity contribution in [2.24, 2.45) is 0 Å². The molecule has 0 amide bonds. The van der Waals surface area contributed by atoms with Crippen LogP contribution in [0.15, 0.2) is 4.42 Å². The quantitative estimate of drug-likeness (QED) is 0.863. The van der Waals surface area contributed by atoms with E-state index in [1.807, 2.05) is 6.92 Å². The van der Waals surface area contributed by atoms with Gasteiger partial charge in [-0.1, -0.05) is 12.0 Å². The molecule has 2 N–H and O–H groups in total. The summed E-state index contributed by atoms with van der Waals surface area (Å²) in [5.74, 6) is 0.463. The summed E-state index contributed by atoms with van der Waals surface area (Å²) in [4.78, 5) is 5.36. The van der Waals surface area contributed by atoms with Crippen molar-refractivity contribution < 1.29 is 4.42 Å². The Balaban J connectivity index is 2.35. The first kappa shape index (κ1) is 10.1. The van der Waals surface area contributed by atoms with Crippen LogP contribution in [0.25, 0.3) is 10.8 Å². The summed E-state index contributed by atoms with van der Waals surface area (Å²) < 4.78 is 5.17. The molecule has 0 aliphatic carbocycles. The van der Waals surface area contributed by atoms with Gasteiger partial charge in [0.1, 0.15) is 4.88 Å². The lowest BCUT2D eigenvalue weighted by Gasteiger charge is -1.87. The highest BCUT2D eigenvalue weighted by Crippen LogP contribution is 2.29. The Kier molecular flexibility index (Phi) is 2.68. The normalized spacial score (nSPS) is 10.8. The van der Waals surface area contributed by atoms with Crippen LogP contribution in [0.4, 0.5) is 6.01 Å². The molecule has 2 heterocycles. The fourth-order valence-corrected chi connectivity index (χ4v) is 2.39. The first-order valence-electron chi connectivity index (χ1n) is 4.76. The molecule has 0 aliphatic rings. The molecule has 0 radical (unpaired) electrons. The van der Waals surface area contributed by atoms with Crippen LogP contribution in [0.5, 0.6) is 0 Å². The molecule has 2 aromatic heterocycles. The third-order valence-corrected chi connectivity index (χ3v) is 3.14. The van der Waals surface area contributed by atoms with E-state index < -0.39 is 0 Å². The van der Waals surface area contributed by atoms with Gasteiger partial charge in [0, 0.05) is 0 Å². The van der Waals surface area contributed by atoms with Crippen molar-refractivity contribution >= 4 is 17.4 Å². The second-order valence-corrected chi connectivity index (χ2v) is 4.30. The van der Waals surface area contributed by atoms with Crippen LogP contribution in [0.1, 0.15) is 24.0 Å². The number of aromatic nitrogens is 3. The monoisotopic (exact) mass is 224 g/mol. The second-order valence-electron chi connectivity index (χ2n) is 3.22. The minimum absolute atomic E-state index is 0.0924. The van der Waals surface area contributed by atoms with Crippen LogP contribution >= 0.6 is 11.3 Å². The van der Waals surface area contributed by atoms with Crippen molar-refractivity contribution in [3.8, 4) is 10.8 Å². The zero-order valence-electron chi connectivity index (χ0n) is 8.65. The molecule has 80 valence electrons. The average molecular weight is 224 g/mol. The van der Waals surface area contributed by atoms with Crippen LogP contribution in [-0.2, 0) is 6.42 Å². The summed E-state index contributed by atoms with van der Waals surface area (Å²) in [7, 11) is 0. The number of rotatable bonds is 3. The van der Waals surface area contributed by atoms with Gasteiger partial charge in [0.2, 0.25) is 0 Å². The Hall–Kier alpha value is -1.43. The number of aryl methyl sites for hydroxylation is 2. The number of nitrogens with two attached hydrogens (primary N) is 1. The summed E-state index contributed by atoms with van der Waals surface area (Å²) in [5, 5.41) is 8.58. The molecule has 2 rings (SSSR count). The third kappa shape index (κ3) is 1.99. The number of nitrogen functional groups attached to an aromatic ring is 1. The highest BCUT2D eigenvalue weighted by Gasteiger charge is 2.14. The standard InChI is InChI=1S/C9H12N4OS/c1-3-4-6-11-5(2)7(15-6)8-12-13-9(10)14-8/h3-4H2,1-2H3,(H2,10,13). The third-order valence-electron chi connectivity index (χ3n) is 1.94. The Bertz CT molecular complexity index is 462. The molecular weight excluding hydrogens is 212 g/mol. The maximum absolute atomic E-state index is 5.38. The lowest BCUT2D eigenvalue weighted by atomic mass is 10.3. The molecule has 0 unspecified atom stereocenters. The van der Waals surface area contributed by atoms with Crippen molar-refractivity contribution in [1.82, 2.24) is 15.2 Å². The molecule has 0 bridgehead atoms. The smallest absolute Gasteiger partial charge is 0.313 e. The van der Waals surface area contributed by atoms with Crippen LogP contribution in [0.3, 0.4) is 0 Å². The number of hydrogen-bond donors (Lipinski definition) is 1. The molecule has 0 aliphatic heterocycles. The number of hydrogen-bond acceptors (Lipinski definition) is 6. The fraction of sp³-hybridized carbons (Fsp3) is 0.444. The molecule has 0 saturated carbocycles. The molecule has 6 heteroatoms. The van der Waals surface area contributed by atoms with E-state index in [4.69, 9.17) is 10.2 Å². The van der Waals surface area contributed by atoms with E-state index in [0.29, 0.717) is 5.89 Å². The van der Waals surface area contributed by atoms with Gasteiger partial charge in [0.25, 0.3) is 5.89 Å². The first-order valence-corrected chi connectivity index (χ1v) is 5.58. The van der Waals surface area contributed by atoms with E-state index in [2.05, 4.69) is 22.1 Å². The molecule has 15 heavy (non-hydrogen) atoms. The van der Waals surface area contributed by atoms with E-state index in [-0.39, 0.29) is 6.01 Å². The van der Waals surface area contributed by atoms with Gasteiger partial charge in [0.15, 0.2) is 0 Å². The van der Waals surface area contributed by atoms with Crippen LogP contribution in [0.2, 0.25) is 0 Å². The fourth-order valence-electron chi connectivity index (χ4n) is 1.30. The summed E-state index contributed by atoms with van der Waals surface area (Å²) >= 11 is 1.59. The summed E-state index contributed by atoms with van der Waals surface area (Å²) in [6, 6.07) is 0.0924. The van der Waals surface area contributed by atoms with Crippen molar-refractivity contribution in [3.05, 3.63) is 10.7 Å². The predicted molar refractivity (Wildman–Crippen MR) is 58.6 cm³/mol. The first-order chi connectivity index (χ1) is 7.20. The Morgan fingerprint density at radius 2 is 2.20 bits per heavy atom. The van der Waals surface area contributed by atoms with Gasteiger partial charge < -0.3 is 10.2 Å². The summed E-state index contributed by atoms with van der Waals surface area (Å²) in [6.45, 7) is 4.06. The van der Waals surface area contributed by atoms with Gasteiger partial charge >= 0.3 is 6.01 Å². The lowest BCUT2D eigenvalue weighted by Crippen LogP contribution is -1.81. The Morgan fingerprint density at radius 1 is 1.40 bits per heavy atom. The van der Waals surface area contributed by atoms with E-state index in [0.717, 1.165) is 28.4 Å². The van der Waals surface area contributed by atoms with Crippen LogP contribution in [-0.4, -0.2) is 15.2 Å². The van der Waals surface area contributed by atoms with Gasteiger partial charge in [-0.2, -0.15) is 0 Å². The molecule has 5 nitrogen and oxygen atoms in total. The minimum atomic E-state index is 0.0924. The van der Waals surface area contributed by atoms with Gasteiger partial charge in [-0.15, -0.1) is 16.4 Å². The van der Waals surface area contributed by atoms with Crippen molar-refractivity contribution in [1.29, 1.82) is 0 Å². The van der Waals surface area contributed by atoms with Crippen molar-refractivity contribution in [2.75, 3.05) is 5.73 Å². The number of anilines is 1. The highest BCUT2D eigenvalue weighted by molar-refractivity contribution is 7.15. The van der Waals surface area contributed by atoms with E-state index in [1.165, 1.54) is 0 Å². The maximum Gasteiger partial charge on any atom is 0.313 e. The van der Waals surface area contributed by atoms with Crippen molar-refractivity contribution in [2.45, 2.75) is 26.7 Å². The molecule has 2 aromatic rings. The predicted octanol–water partition coefficient (Wildman–Crippen LogP) is 2.04. The molecule has 0 atom stereocenters.